The Morgan fingerprint density at radius 3 is 3.00 bits per heavy atom. The number of fused-ring (bicyclic) bond motifs is 1. The third kappa shape index (κ3) is 1.51. The zero-order valence-corrected chi connectivity index (χ0v) is 9.50. The van der Waals surface area contributed by atoms with Crippen molar-refractivity contribution in [1.82, 2.24) is 9.97 Å². The molecule has 0 saturated carbocycles. The zero-order chi connectivity index (χ0) is 11.0. The van der Waals surface area contributed by atoms with E-state index in [0.29, 0.717) is 4.77 Å². The van der Waals surface area contributed by atoms with Gasteiger partial charge in [-0.25, -0.2) is 4.98 Å². The molecular weight excluding hydrogens is 218 g/mol. The molecule has 0 unspecified atom stereocenters. The highest BCUT2D eigenvalue weighted by Gasteiger charge is 2.19. The van der Waals surface area contributed by atoms with Crippen LogP contribution in [0.3, 0.4) is 0 Å². The molecule has 1 N–H and O–H groups in total. The van der Waals surface area contributed by atoms with E-state index in [2.05, 4.69) is 39.1 Å². The number of para-hydroxylation sites is 1. The summed E-state index contributed by atoms with van der Waals surface area (Å²) in [6.07, 6.45) is 2.83. The number of H-pyrrole nitrogens is 1. The predicted octanol–water partition coefficient (Wildman–Crippen LogP) is 2.83. The molecule has 80 valence electrons. The van der Waals surface area contributed by atoms with Crippen LogP contribution in [0.2, 0.25) is 0 Å². The van der Waals surface area contributed by atoms with Crippen molar-refractivity contribution in [3.8, 4) is 0 Å². The molecule has 1 aliphatic heterocycles. The second-order valence-electron chi connectivity index (χ2n) is 3.79. The quantitative estimate of drug-likeness (QED) is 0.763. The van der Waals surface area contributed by atoms with Crippen molar-refractivity contribution in [3.63, 3.8) is 0 Å². The summed E-state index contributed by atoms with van der Waals surface area (Å²) in [6.45, 7) is 0.995. The summed E-state index contributed by atoms with van der Waals surface area (Å²) >= 11 is 5.04. The van der Waals surface area contributed by atoms with Crippen LogP contribution in [0.4, 0.5) is 11.5 Å². The van der Waals surface area contributed by atoms with Crippen molar-refractivity contribution in [1.29, 1.82) is 0 Å². The molecule has 0 spiro atoms. The first-order valence-electron chi connectivity index (χ1n) is 5.25. The molecule has 2 heterocycles. The average Bonchev–Trinajstić information content (AvgIpc) is 2.72. The van der Waals surface area contributed by atoms with Crippen LogP contribution in [0, 0.1) is 4.77 Å². The Labute approximate surface area is 98.8 Å². The summed E-state index contributed by atoms with van der Waals surface area (Å²) in [4.78, 5) is 9.36. The van der Waals surface area contributed by atoms with Gasteiger partial charge in [0.25, 0.3) is 0 Å². The van der Waals surface area contributed by atoms with Crippen LogP contribution in [0.25, 0.3) is 0 Å². The van der Waals surface area contributed by atoms with Gasteiger partial charge in [-0.05, 0) is 36.3 Å². The lowest BCUT2D eigenvalue weighted by atomic mass is 10.2. The lowest BCUT2D eigenvalue weighted by Gasteiger charge is -2.18. The Morgan fingerprint density at radius 2 is 2.12 bits per heavy atom. The lowest BCUT2D eigenvalue weighted by Crippen LogP contribution is -2.14. The summed E-state index contributed by atoms with van der Waals surface area (Å²) in [5, 5.41) is 0. The number of aromatic nitrogens is 2. The number of rotatable bonds is 1. The fourth-order valence-corrected chi connectivity index (χ4v) is 2.27. The van der Waals surface area contributed by atoms with Crippen LogP contribution in [0.15, 0.2) is 36.5 Å². The maximum absolute atomic E-state index is 5.04. The Hall–Kier alpha value is -1.68. The van der Waals surface area contributed by atoms with E-state index in [1.165, 1.54) is 11.3 Å². The smallest absolute Gasteiger partial charge is 0.198 e. The number of hydrogen-bond donors (Lipinski definition) is 1. The molecular formula is C12H11N3S. The van der Waals surface area contributed by atoms with Crippen LogP contribution >= 0.6 is 12.2 Å². The molecule has 1 aromatic heterocycles. The molecule has 4 heteroatoms. The van der Waals surface area contributed by atoms with Crippen LogP contribution in [-0.4, -0.2) is 16.5 Å². The zero-order valence-electron chi connectivity index (χ0n) is 8.68. The Bertz CT molecular complexity index is 576. The summed E-state index contributed by atoms with van der Waals surface area (Å²) in [5.74, 6) is 1.02. The molecule has 3 nitrogen and oxygen atoms in total. The monoisotopic (exact) mass is 229 g/mol. The van der Waals surface area contributed by atoms with Gasteiger partial charge in [-0.1, -0.05) is 18.2 Å². The van der Waals surface area contributed by atoms with E-state index < -0.39 is 0 Å². The molecule has 0 radical (unpaired) electrons. The van der Waals surface area contributed by atoms with Gasteiger partial charge in [-0.2, -0.15) is 0 Å². The van der Waals surface area contributed by atoms with Gasteiger partial charge in [0, 0.05) is 18.4 Å². The standard InChI is InChI=1S/C12H11N3S/c16-12-13-7-5-11(14-12)15-8-6-9-3-1-2-4-10(9)15/h1-5,7H,6,8H2,(H,13,14,16). The van der Waals surface area contributed by atoms with E-state index in [1.54, 1.807) is 6.20 Å². The molecule has 3 rings (SSSR count). The van der Waals surface area contributed by atoms with Gasteiger partial charge in [0.15, 0.2) is 4.77 Å². The number of nitrogens with one attached hydrogen (secondary N) is 1. The number of nitrogens with zero attached hydrogens (tertiary/aromatic N) is 2. The number of aromatic amines is 1. The molecule has 0 fully saturated rings. The van der Waals surface area contributed by atoms with Crippen LogP contribution < -0.4 is 4.90 Å². The Kier molecular flexibility index (Phi) is 2.22. The molecule has 1 aliphatic rings. The summed E-state index contributed by atoms with van der Waals surface area (Å²) in [6, 6.07) is 10.4. The molecule has 0 amide bonds. The van der Waals surface area contributed by atoms with Gasteiger partial charge in [0.1, 0.15) is 5.82 Å². The third-order valence-corrected chi connectivity index (χ3v) is 3.04. The van der Waals surface area contributed by atoms with E-state index in [0.717, 1.165) is 18.8 Å². The second-order valence-corrected chi connectivity index (χ2v) is 4.18. The first-order chi connectivity index (χ1) is 7.84. The van der Waals surface area contributed by atoms with E-state index in [4.69, 9.17) is 12.2 Å². The largest absolute Gasteiger partial charge is 0.327 e. The molecule has 0 atom stereocenters. The Balaban J connectivity index is 2.08. The van der Waals surface area contributed by atoms with E-state index >= 15 is 0 Å². The second kappa shape index (κ2) is 3.72. The minimum Gasteiger partial charge on any atom is -0.327 e. The van der Waals surface area contributed by atoms with Crippen molar-refractivity contribution in [3.05, 3.63) is 46.9 Å². The normalized spacial score (nSPS) is 13.9. The molecule has 1 aromatic carbocycles. The highest BCUT2D eigenvalue weighted by Crippen LogP contribution is 2.32. The lowest BCUT2D eigenvalue weighted by molar-refractivity contribution is 0.959. The van der Waals surface area contributed by atoms with Crippen LogP contribution in [-0.2, 0) is 6.42 Å². The van der Waals surface area contributed by atoms with Gasteiger partial charge >= 0.3 is 0 Å². The predicted molar refractivity (Wildman–Crippen MR) is 66.6 cm³/mol. The highest BCUT2D eigenvalue weighted by atomic mass is 32.1. The minimum atomic E-state index is 0.530. The fourth-order valence-electron chi connectivity index (χ4n) is 2.10. The molecule has 16 heavy (non-hydrogen) atoms. The average molecular weight is 229 g/mol. The first kappa shape index (κ1) is 9.54. The maximum atomic E-state index is 5.04. The van der Waals surface area contributed by atoms with E-state index in [9.17, 15) is 0 Å². The summed E-state index contributed by atoms with van der Waals surface area (Å²) in [7, 11) is 0. The summed E-state index contributed by atoms with van der Waals surface area (Å²) < 4.78 is 0.530. The van der Waals surface area contributed by atoms with Crippen molar-refractivity contribution in [2.75, 3.05) is 11.4 Å². The van der Waals surface area contributed by atoms with Crippen molar-refractivity contribution in [2.24, 2.45) is 0 Å². The van der Waals surface area contributed by atoms with Crippen molar-refractivity contribution in [2.45, 2.75) is 6.42 Å². The van der Waals surface area contributed by atoms with Gasteiger partial charge in [-0.3, -0.25) is 0 Å². The van der Waals surface area contributed by atoms with Crippen molar-refractivity contribution >= 4 is 23.7 Å². The molecule has 2 aromatic rings. The van der Waals surface area contributed by atoms with Gasteiger partial charge in [0.2, 0.25) is 0 Å². The molecule has 0 saturated heterocycles. The van der Waals surface area contributed by atoms with Crippen molar-refractivity contribution < 1.29 is 0 Å². The highest BCUT2D eigenvalue weighted by molar-refractivity contribution is 7.71. The minimum absolute atomic E-state index is 0.530. The number of anilines is 2. The third-order valence-electron chi connectivity index (χ3n) is 2.84. The first-order valence-corrected chi connectivity index (χ1v) is 5.66. The number of hydrogen-bond acceptors (Lipinski definition) is 3. The maximum Gasteiger partial charge on any atom is 0.198 e. The van der Waals surface area contributed by atoms with E-state index in [1.807, 2.05) is 6.07 Å². The molecule has 0 bridgehead atoms. The molecule has 0 aliphatic carbocycles. The Morgan fingerprint density at radius 1 is 1.25 bits per heavy atom. The SMILES string of the molecule is S=c1nccc(N2CCc3ccccc32)[nH]1. The van der Waals surface area contributed by atoms with Crippen LogP contribution in [0.1, 0.15) is 5.56 Å². The van der Waals surface area contributed by atoms with Gasteiger partial charge in [0.05, 0.1) is 0 Å². The number of benzene rings is 1. The summed E-state index contributed by atoms with van der Waals surface area (Å²) in [5.41, 5.74) is 2.65. The van der Waals surface area contributed by atoms with E-state index in [-0.39, 0.29) is 0 Å². The van der Waals surface area contributed by atoms with Crippen LogP contribution in [0.5, 0.6) is 0 Å². The topological polar surface area (TPSA) is 31.9 Å². The van der Waals surface area contributed by atoms with Gasteiger partial charge < -0.3 is 9.88 Å². The van der Waals surface area contributed by atoms with Gasteiger partial charge in [-0.15, -0.1) is 0 Å². The fraction of sp³-hybridized carbons (Fsp3) is 0.167.